The minimum atomic E-state index is -0.420. The van der Waals surface area contributed by atoms with Gasteiger partial charge in [-0.3, -0.25) is 9.59 Å². The molecule has 0 fully saturated rings. The number of carbonyl (C=O) groups is 2. The molecular formula is C19H17ClO3. The Hall–Kier alpha value is -2.13. The van der Waals surface area contributed by atoms with Gasteiger partial charge in [0.15, 0.2) is 0 Å². The minimum Gasteiger partial charge on any atom is -0.465 e. The highest BCUT2D eigenvalue weighted by Crippen LogP contribution is 2.44. The number of carbonyl (C=O) groups excluding carboxylic acids is 2. The molecule has 1 aliphatic rings. The molecule has 0 spiro atoms. The van der Waals surface area contributed by atoms with Crippen LogP contribution >= 0.6 is 11.6 Å². The summed E-state index contributed by atoms with van der Waals surface area (Å²) in [4.78, 5) is 22.5. The molecule has 0 amide bonds. The first-order valence-corrected chi connectivity index (χ1v) is 8.07. The van der Waals surface area contributed by atoms with E-state index in [0.717, 1.165) is 0 Å². The Morgan fingerprint density at radius 2 is 1.48 bits per heavy atom. The number of fused-ring (bicyclic) bond motifs is 3. The second kappa shape index (κ2) is 6.97. The molecular weight excluding hydrogens is 312 g/mol. The van der Waals surface area contributed by atoms with Crippen LogP contribution in [-0.2, 0) is 14.3 Å². The Morgan fingerprint density at radius 3 is 2.04 bits per heavy atom. The number of benzene rings is 2. The average molecular weight is 329 g/mol. The van der Waals surface area contributed by atoms with Gasteiger partial charge in [0.25, 0.3) is 0 Å². The summed E-state index contributed by atoms with van der Waals surface area (Å²) in [7, 11) is 0. The van der Waals surface area contributed by atoms with E-state index < -0.39 is 5.24 Å². The van der Waals surface area contributed by atoms with Gasteiger partial charge in [0, 0.05) is 18.8 Å². The maximum Gasteiger partial charge on any atom is 0.305 e. The highest BCUT2D eigenvalue weighted by molar-refractivity contribution is 6.63. The van der Waals surface area contributed by atoms with Crippen LogP contribution < -0.4 is 0 Å². The van der Waals surface area contributed by atoms with E-state index in [4.69, 9.17) is 16.3 Å². The van der Waals surface area contributed by atoms with E-state index in [0.29, 0.717) is 13.0 Å². The van der Waals surface area contributed by atoms with E-state index in [1.54, 1.807) is 0 Å². The lowest BCUT2D eigenvalue weighted by atomic mass is 9.98. The topological polar surface area (TPSA) is 43.4 Å². The summed E-state index contributed by atoms with van der Waals surface area (Å²) in [5.41, 5.74) is 4.80. The fourth-order valence-corrected chi connectivity index (χ4v) is 3.19. The van der Waals surface area contributed by atoms with Crippen molar-refractivity contribution in [2.45, 2.75) is 25.2 Å². The van der Waals surface area contributed by atoms with Gasteiger partial charge in [-0.25, -0.2) is 0 Å². The van der Waals surface area contributed by atoms with Gasteiger partial charge in [-0.1, -0.05) is 48.5 Å². The van der Waals surface area contributed by atoms with Crippen LogP contribution in [0.5, 0.6) is 0 Å². The van der Waals surface area contributed by atoms with Gasteiger partial charge in [-0.15, -0.1) is 0 Å². The van der Waals surface area contributed by atoms with Gasteiger partial charge in [-0.05, 0) is 40.3 Å². The van der Waals surface area contributed by atoms with Crippen LogP contribution in [0.25, 0.3) is 11.1 Å². The highest BCUT2D eigenvalue weighted by Gasteiger charge is 2.28. The second-order valence-electron chi connectivity index (χ2n) is 5.62. The summed E-state index contributed by atoms with van der Waals surface area (Å²) in [5.74, 6) is -0.217. The van der Waals surface area contributed by atoms with Gasteiger partial charge >= 0.3 is 5.97 Å². The summed E-state index contributed by atoms with van der Waals surface area (Å²) in [6.07, 6.45) is 0.846. The molecule has 0 unspecified atom stereocenters. The summed E-state index contributed by atoms with van der Waals surface area (Å²) in [5, 5.41) is -0.420. The SMILES string of the molecule is O=C(Cl)CCCC(=O)OCC1c2ccccc2-c2ccccc21. The number of hydrogen-bond donors (Lipinski definition) is 0. The van der Waals surface area contributed by atoms with Crippen LogP contribution in [0.2, 0.25) is 0 Å². The molecule has 1 aliphatic carbocycles. The largest absolute Gasteiger partial charge is 0.465 e. The zero-order chi connectivity index (χ0) is 16.2. The Balaban J connectivity index is 1.69. The van der Waals surface area contributed by atoms with Gasteiger partial charge < -0.3 is 4.74 Å². The van der Waals surface area contributed by atoms with Gasteiger partial charge in [0.1, 0.15) is 6.61 Å². The first kappa shape index (κ1) is 15.8. The molecule has 0 radical (unpaired) electrons. The molecule has 0 saturated heterocycles. The quantitative estimate of drug-likeness (QED) is 0.587. The summed E-state index contributed by atoms with van der Waals surface area (Å²) in [6, 6.07) is 16.4. The molecule has 0 aromatic heterocycles. The average Bonchev–Trinajstić information content (AvgIpc) is 2.87. The lowest BCUT2D eigenvalue weighted by Gasteiger charge is -2.14. The maximum absolute atomic E-state index is 11.8. The van der Waals surface area contributed by atoms with Crippen molar-refractivity contribution in [2.75, 3.05) is 6.61 Å². The Bertz CT molecular complexity index is 693. The standard InChI is InChI=1S/C19H17ClO3/c20-18(21)10-5-11-19(22)23-12-17-15-8-3-1-6-13(15)14-7-2-4-9-16(14)17/h1-4,6-9,17H,5,10-12H2. The molecule has 2 aromatic carbocycles. The van der Waals surface area contributed by atoms with Crippen molar-refractivity contribution in [3.8, 4) is 11.1 Å². The predicted molar refractivity (Wildman–Crippen MR) is 89.4 cm³/mol. The van der Waals surface area contributed by atoms with Crippen LogP contribution in [0.4, 0.5) is 0 Å². The third-order valence-corrected chi connectivity index (χ3v) is 4.32. The van der Waals surface area contributed by atoms with Crippen LogP contribution in [0, 0.1) is 0 Å². The monoisotopic (exact) mass is 328 g/mol. The number of halogens is 1. The van der Waals surface area contributed by atoms with Crippen molar-refractivity contribution >= 4 is 22.8 Å². The smallest absolute Gasteiger partial charge is 0.305 e. The molecule has 0 heterocycles. The van der Waals surface area contributed by atoms with E-state index >= 15 is 0 Å². The molecule has 0 N–H and O–H groups in total. The predicted octanol–water partition coefficient (Wildman–Crippen LogP) is 4.28. The second-order valence-corrected chi connectivity index (χ2v) is 6.04. The molecule has 3 rings (SSSR count). The van der Waals surface area contributed by atoms with E-state index in [2.05, 4.69) is 24.3 Å². The molecule has 0 atom stereocenters. The summed E-state index contributed by atoms with van der Waals surface area (Å²) >= 11 is 5.26. The van der Waals surface area contributed by atoms with E-state index in [1.807, 2.05) is 24.3 Å². The third-order valence-electron chi connectivity index (χ3n) is 4.13. The van der Waals surface area contributed by atoms with E-state index in [9.17, 15) is 9.59 Å². The zero-order valence-electron chi connectivity index (χ0n) is 12.6. The summed E-state index contributed by atoms with van der Waals surface area (Å²) < 4.78 is 5.43. The number of ether oxygens (including phenoxy) is 1. The highest BCUT2D eigenvalue weighted by atomic mass is 35.5. The number of esters is 1. The van der Waals surface area contributed by atoms with Gasteiger partial charge in [0.2, 0.25) is 5.24 Å². The lowest BCUT2D eigenvalue weighted by molar-refractivity contribution is -0.144. The molecule has 0 saturated carbocycles. The first-order chi connectivity index (χ1) is 11.2. The van der Waals surface area contributed by atoms with Gasteiger partial charge in [-0.2, -0.15) is 0 Å². The van der Waals surface area contributed by atoms with Crippen LogP contribution in [0.3, 0.4) is 0 Å². The molecule has 0 bridgehead atoms. The number of hydrogen-bond acceptors (Lipinski definition) is 3. The lowest BCUT2D eigenvalue weighted by Crippen LogP contribution is -2.12. The normalized spacial score (nSPS) is 12.6. The molecule has 3 nitrogen and oxygen atoms in total. The molecule has 4 heteroatoms. The Kier molecular flexibility index (Phi) is 4.77. The third kappa shape index (κ3) is 3.45. The van der Waals surface area contributed by atoms with Crippen molar-refractivity contribution in [3.05, 3.63) is 59.7 Å². The van der Waals surface area contributed by atoms with Crippen LogP contribution in [0.1, 0.15) is 36.3 Å². The fraction of sp³-hybridized carbons (Fsp3) is 0.263. The zero-order valence-corrected chi connectivity index (χ0v) is 13.4. The molecule has 23 heavy (non-hydrogen) atoms. The van der Waals surface area contributed by atoms with E-state index in [1.165, 1.54) is 22.3 Å². The van der Waals surface area contributed by atoms with Gasteiger partial charge in [0.05, 0.1) is 0 Å². The van der Waals surface area contributed by atoms with E-state index in [-0.39, 0.29) is 24.7 Å². The molecule has 2 aromatic rings. The Labute approximate surface area is 140 Å². The number of rotatable bonds is 6. The van der Waals surface area contributed by atoms with Crippen LogP contribution in [-0.4, -0.2) is 17.8 Å². The van der Waals surface area contributed by atoms with Crippen molar-refractivity contribution in [1.29, 1.82) is 0 Å². The van der Waals surface area contributed by atoms with Crippen molar-refractivity contribution in [1.82, 2.24) is 0 Å². The molecule has 0 aliphatic heterocycles. The van der Waals surface area contributed by atoms with Crippen molar-refractivity contribution in [3.63, 3.8) is 0 Å². The summed E-state index contributed by atoms with van der Waals surface area (Å²) in [6.45, 7) is 0.321. The minimum absolute atomic E-state index is 0.0704. The molecule has 118 valence electrons. The maximum atomic E-state index is 11.8. The fourth-order valence-electron chi connectivity index (χ4n) is 3.06. The Morgan fingerprint density at radius 1 is 0.913 bits per heavy atom. The van der Waals surface area contributed by atoms with Crippen molar-refractivity contribution in [2.24, 2.45) is 0 Å². The first-order valence-electron chi connectivity index (χ1n) is 7.69. The van der Waals surface area contributed by atoms with Crippen molar-refractivity contribution < 1.29 is 14.3 Å². The van der Waals surface area contributed by atoms with Crippen LogP contribution in [0.15, 0.2) is 48.5 Å².